The summed E-state index contributed by atoms with van der Waals surface area (Å²) in [5.41, 5.74) is 2.13. The molecule has 5 atom stereocenters. The lowest BCUT2D eigenvalue weighted by molar-refractivity contribution is -0.141. The van der Waals surface area contributed by atoms with Crippen molar-refractivity contribution in [1.29, 1.82) is 0 Å². The van der Waals surface area contributed by atoms with Gasteiger partial charge in [-0.25, -0.2) is 0 Å². The molecule has 0 spiro atoms. The second-order valence-corrected chi connectivity index (χ2v) is 10.6. The van der Waals surface area contributed by atoms with Crippen LogP contribution < -0.4 is 10.2 Å². The van der Waals surface area contributed by atoms with E-state index in [1.165, 1.54) is 11.3 Å². The van der Waals surface area contributed by atoms with Gasteiger partial charge in [0, 0.05) is 37.9 Å². The molecule has 2 bridgehead atoms. The summed E-state index contributed by atoms with van der Waals surface area (Å²) in [5.74, 6) is -0.599. The van der Waals surface area contributed by atoms with E-state index in [9.17, 15) is 19.8 Å². The van der Waals surface area contributed by atoms with Gasteiger partial charge in [-0.3, -0.25) is 9.59 Å². The van der Waals surface area contributed by atoms with Gasteiger partial charge in [0.15, 0.2) is 6.10 Å². The highest BCUT2D eigenvalue weighted by Crippen LogP contribution is 2.67. The highest BCUT2D eigenvalue weighted by Gasteiger charge is 2.68. The Morgan fingerprint density at radius 1 is 1.16 bits per heavy atom. The number of hydrogen-bond donors (Lipinski definition) is 3. The standard InChI is InChI=1S/C25H37N3O4/c1-16-7-5-6-8-18(16)27-11-13-28(14-12-27)23(32)20-17-9-10-25(4,24(17,2)3)21(20)26-22(31)19(30)15-29/h5-8,17,19-21,29-30H,9-15H2,1-4H3,(H,26,31). The van der Waals surface area contributed by atoms with E-state index in [0.717, 1.165) is 25.9 Å². The summed E-state index contributed by atoms with van der Waals surface area (Å²) < 4.78 is 0. The van der Waals surface area contributed by atoms with Crippen molar-refractivity contribution in [2.24, 2.45) is 22.7 Å². The number of piperazine rings is 1. The molecule has 1 aliphatic heterocycles. The van der Waals surface area contributed by atoms with Crippen molar-refractivity contribution in [2.45, 2.75) is 52.7 Å². The Kier molecular flexibility index (Phi) is 6.01. The zero-order chi connectivity index (χ0) is 23.3. The monoisotopic (exact) mass is 443 g/mol. The molecule has 1 aromatic carbocycles. The average Bonchev–Trinajstić information content (AvgIpc) is 3.11. The molecule has 32 heavy (non-hydrogen) atoms. The first-order valence-corrected chi connectivity index (χ1v) is 11.8. The Hall–Kier alpha value is -2.12. The molecule has 4 rings (SSSR count). The van der Waals surface area contributed by atoms with E-state index in [2.05, 4.69) is 50.0 Å². The predicted octanol–water partition coefficient (Wildman–Crippen LogP) is 1.55. The maximum atomic E-state index is 13.8. The summed E-state index contributed by atoms with van der Waals surface area (Å²) in [6.07, 6.45) is 0.447. The van der Waals surface area contributed by atoms with Gasteiger partial charge in [0.05, 0.1) is 12.5 Å². The van der Waals surface area contributed by atoms with Gasteiger partial charge in [0.2, 0.25) is 5.91 Å². The first kappa shape index (κ1) is 23.1. The lowest BCUT2D eigenvalue weighted by Crippen LogP contribution is -2.58. The largest absolute Gasteiger partial charge is 0.393 e. The highest BCUT2D eigenvalue weighted by molar-refractivity contribution is 5.85. The SMILES string of the molecule is Cc1ccccc1N1CCN(C(=O)C2C3CCC(C)(C2NC(=O)C(O)CO)C3(C)C)CC1. The molecule has 1 heterocycles. The van der Waals surface area contributed by atoms with Crippen LogP contribution in [0.5, 0.6) is 0 Å². The van der Waals surface area contributed by atoms with E-state index in [0.29, 0.717) is 13.1 Å². The molecule has 2 aliphatic carbocycles. The molecule has 0 radical (unpaired) electrons. The van der Waals surface area contributed by atoms with E-state index < -0.39 is 18.6 Å². The van der Waals surface area contributed by atoms with Crippen molar-refractivity contribution >= 4 is 17.5 Å². The third-order valence-electron chi connectivity index (χ3n) is 8.96. The third kappa shape index (κ3) is 3.50. The molecule has 3 aliphatic rings. The minimum Gasteiger partial charge on any atom is -0.393 e. The summed E-state index contributed by atoms with van der Waals surface area (Å²) in [4.78, 5) is 30.6. The van der Waals surface area contributed by atoms with Crippen LogP contribution in [0.1, 0.15) is 39.2 Å². The molecule has 7 nitrogen and oxygen atoms in total. The number of fused-ring (bicyclic) bond motifs is 2. The van der Waals surface area contributed by atoms with E-state index >= 15 is 0 Å². The molecule has 0 aromatic heterocycles. The van der Waals surface area contributed by atoms with Crippen LogP contribution in [0.15, 0.2) is 24.3 Å². The van der Waals surface area contributed by atoms with Crippen LogP contribution in [-0.4, -0.2) is 71.9 Å². The number of para-hydroxylation sites is 1. The molecule has 7 heteroatoms. The number of aryl methyl sites for hydroxylation is 1. The fourth-order valence-electron chi connectivity index (χ4n) is 6.57. The fourth-order valence-corrected chi connectivity index (χ4v) is 6.57. The predicted molar refractivity (Wildman–Crippen MR) is 123 cm³/mol. The Balaban J connectivity index is 1.52. The maximum absolute atomic E-state index is 13.8. The molecule has 1 aromatic rings. The van der Waals surface area contributed by atoms with Crippen molar-refractivity contribution in [3.63, 3.8) is 0 Å². The third-order valence-corrected chi connectivity index (χ3v) is 8.96. The Morgan fingerprint density at radius 2 is 1.81 bits per heavy atom. The van der Waals surface area contributed by atoms with Crippen LogP contribution in [0.2, 0.25) is 0 Å². The van der Waals surface area contributed by atoms with E-state index in [1.54, 1.807) is 0 Å². The molecule has 2 amide bonds. The quantitative estimate of drug-likeness (QED) is 0.642. The van der Waals surface area contributed by atoms with E-state index in [4.69, 9.17) is 0 Å². The van der Waals surface area contributed by atoms with Crippen LogP contribution in [0.4, 0.5) is 5.69 Å². The zero-order valence-corrected chi connectivity index (χ0v) is 19.7. The Morgan fingerprint density at radius 3 is 2.44 bits per heavy atom. The molecule has 5 unspecified atom stereocenters. The van der Waals surface area contributed by atoms with Gasteiger partial charge < -0.3 is 25.3 Å². The second kappa shape index (κ2) is 8.34. The number of anilines is 1. The van der Waals surface area contributed by atoms with Gasteiger partial charge in [-0.05, 0) is 48.1 Å². The molecular weight excluding hydrogens is 406 g/mol. The molecule has 176 valence electrons. The molecule has 3 fully saturated rings. The lowest BCUT2D eigenvalue weighted by Gasteiger charge is -2.42. The normalized spacial score (nSPS) is 32.1. The fraction of sp³-hybridized carbons (Fsp3) is 0.680. The minimum absolute atomic E-state index is 0.0988. The van der Waals surface area contributed by atoms with Gasteiger partial charge in [-0.2, -0.15) is 0 Å². The summed E-state index contributed by atoms with van der Waals surface area (Å²) in [6, 6.07) is 7.99. The topological polar surface area (TPSA) is 93.1 Å². The number of nitrogens with zero attached hydrogens (tertiary/aromatic N) is 2. The first-order chi connectivity index (χ1) is 15.1. The summed E-state index contributed by atoms with van der Waals surface area (Å²) >= 11 is 0. The summed E-state index contributed by atoms with van der Waals surface area (Å²) in [6.45, 7) is 10.9. The molecule has 1 saturated heterocycles. The van der Waals surface area contributed by atoms with Crippen molar-refractivity contribution < 1.29 is 19.8 Å². The number of aliphatic hydroxyl groups excluding tert-OH is 2. The smallest absolute Gasteiger partial charge is 0.251 e. The van der Waals surface area contributed by atoms with Crippen LogP contribution in [0.3, 0.4) is 0 Å². The van der Waals surface area contributed by atoms with Crippen LogP contribution >= 0.6 is 0 Å². The maximum Gasteiger partial charge on any atom is 0.251 e. The van der Waals surface area contributed by atoms with E-state index in [-0.39, 0.29) is 34.6 Å². The summed E-state index contributed by atoms with van der Waals surface area (Å²) in [7, 11) is 0. The van der Waals surface area contributed by atoms with Gasteiger partial charge in [-0.1, -0.05) is 39.0 Å². The molecule has 3 N–H and O–H groups in total. The zero-order valence-electron chi connectivity index (χ0n) is 19.7. The molecule has 2 saturated carbocycles. The van der Waals surface area contributed by atoms with Gasteiger partial charge in [-0.15, -0.1) is 0 Å². The number of aliphatic hydroxyl groups is 2. The minimum atomic E-state index is -1.46. The number of hydrogen-bond acceptors (Lipinski definition) is 5. The second-order valence-electron chi connectivity index (χ2n) is 10.6. The lowest BCUT2D eigenvalue weighted by atomic mass is 9.69. The van der Waals surface area contributed by atoms with Crippen molar-refractivity contribution in [3.8, 4) is 0 Å². The van der Waals surface area contributed by atoms with Crippen molar-refractivity contribution in [3.05, 3.63) is 29.8 Å². The van der Waals surface area contributed by atoms with Crippen molar-refractivity contribution in [1.82, 2.24) is 10.2 Å². The number of nitrogens with one attached hydrogen (secondary N) is 1. The molecular formula is C25H37N3O4. The first-order valence-electron chi connectivity index (χ1n) is 11.8. The van der Waals surface area contributed by atoms with Gasteiger partial charge >= 0.3 is 0 Å². The van der Waals surface area contributed by atoms with Crippen LogP contribution in [0, 0.1) is 29.6 Å². The summed E-state index contributed by atoms with van der Waals surface area (Å²) in [5, 5.41) is 22.0. The number of benzene rings is 1. The van der Waals surface area contributed by atoms with Crippen LogP contribution in [0.25, 0.3) is 0 Å². The number of rotatable bonds is 5. The number of amides is 2. The average molecular weight is 444 g/mol. The highest BCUT2D eigenvalue weighted by atomic mass is 16.3. The van der Waals surface area contributed by atoms with Gasteiger partial charge in [0.1, 0.15) is 0 Å². The number of carbonyl (C=O) groups is 2. The van der Waals surface area contributed by atoms with Crippen LogP contribution in [-0.2, 0) is 9.59 Å². The number of carbonyl (C=O) groups excluding carboxylic acids is 2. The van der Waals surface area contributed by atoms with Gasteiger partial charge in [0.25, 0.3) is 5.91 Å². The Labute approximate surface area is 190 Å². The van der Waals surface area contributed by atoms with Crippen molar-refractivity contribution in [2.75, 3.05) is 37.7 Å². The van der Waals surface area contributed by atoms with E-state index in [1.807, 2.05) is 17.0 Å². The Bertz CT molecular complexity index is 880.